The Kier molecular flexibility index (Phi) is 6.29. The molecule has 0 aromatic heterocycles. The predicted octanol–water partition coefficient (Wildman–Crippen LogP) is 4.33. The first-order valence-corrected chi connectivity index (χ1v) is 7.71. The van der Waals surface area contributed by atoms with Crippen LogP contribution < -0.4 is 5.32 Å². The van der Waals surface area contributed by atoms with E-state index in [1.807, 2.05) is 34.6 Å². The number of carbonyl (C=O) groups is 1. The van der Waals surface area contributed by atoms with Gasteiger partial charge in [0.1, 0.15) is 5.60 Å². The minimum absolute atomic E-state index is 0.402. The topological polar surface area (TPSA) is 38.3 Å². The molecule has 0 unspecified atom stereocenters. The van der Waals surface area contributed by atoms with Crippen LogP contribution in [0.15, 0.2) is 16.6 Å². The first-order valence-electron chi connectivity index (χ1n) is 6.91. The zero-order valence-corrected chi connectivity index (χ0v) is 14.8. The Morgan fingerprint density at radius 2 is 1.86 bits per heavy atom. The van der Waals surface area contributed by atoms with Crippen molar-refractivity contribution in [2.45, 2.75) is 46.6 Å². The van der Waals surface area contributed by atoms with Gasteiger partial charge >= 0.3 is 6.09 Å². The summed E-state index contributed by atoms with van der Waals surface area (Å²) in [6, 6.07) is 4.10. The van der Waals surface area contributed by atoms with E-state index in [-0.39, 0.29) is 0 Å². The molecule has 1 N–H and O–H groups in total. The minimum atomic E-state index is -0.471. The van der Waals surface area contributed by atoms with Gasteiger partial charge in [0.2, 0.25) is 0 Å². The molecular weight excluding hydrogens is 330 g/mol. The fourth-order valence-corrected chi connectivity index (χ4v) is 2.49. The molecule has 0 saturated heterocycles. The Balaban J connectivity index is 2.50. The molecule has 0 heterocycles. The summed E-state index contributed by atoms with van der Waals surface area (Å²) < 4.78 is 6.21. The van der Waals surface area contributed by atoms with Gasteiger partial charge in [0.05, 0.1) is 0 Å². The molecule has 0 aliphatic heterocycles. The molecule has 0 spiro atoms. The number of hydrogen-bond donors (Lipinski definition) is 1. The number of alkyl carbamates (subject to hydrolysis) is 1. The molecule has 0 radical (unpaired) electrons. The number of benzene rings is 1. The van der Waals surface area contributed by atoms with Crippen LogP contribution in [0.3, 0.4) is 0 Å². The Hall–Kier alpha value is -1.47. The molecule has 1 aromatic rings. The second-order valence-electron chi connectivity index (χ2n) is 5.90. The molecule has 21 heavy (non-hydrogen) atoms. The van der Waals surface area contributed by atoms with Crippen molar-refractivity contribution >= 4 is 22.0 Å². The molecule has 4 heteroatoms. The van der Waals surface area contributed by atoms with Gasteiger partial charge in [-0.2, -0.15) is 0 Å². The maximum absolute atomic E-state index is 11.5. The van der Waals surface area contributed by atoms with Crippen LogP contribution in [0.25, 0.3) is 0 Å². The third-order valence-electron chi connectivity index (χ3n) is 2.63. The molecule has 0 aliphatic carbocycles. The summed E-state index contributed by atoms with van der Waals surface area (Å²) in [6.07, 6.45) is 0.189. The molecule has 0 aliphatic rings. The number of hydrogen-bond acceptors (Lipinski definition) is 2. The Morgan fingerprint density at radius 1 is 1.29 bits per heavy atom. The number of rotatable bonds is 2. The summed E-state index contributed by atoms with van der Waals surface area (Å²) in [5.41, 5.74) is 2.88. The normalized spacial score (nSPS) is 10.6. The lowest BCUT2D eigenvalue weighted by Gasteiger charge is -2.19. The van der Waals surface area contributed by atoms with Gasteiger partial charge in [-0.1, -0.05) is 27.8 Å². The molecule has 1 aromatic carbocycles. The van der Waals surface area contributed by atoms with Crippen LogP contribution in [-0.2, 0) is 4.74 Å². The van der Waals surface area contributed by atoms with Gasteiger partial charge < -0.3 is 10.1 Å². The van der Waals surface area contributed by atoms with E-state index in [1.165, 1.54) is 0 Å². The molecular formula is C17H22BrNO2. The number of halogens is 1. The highest BCUT2D eigenvalue weighted by molar-refractivity contribution is 9.10. The monoisotopic (exact) mass is 351 g/mol. The standard InChI is InChI=1S/C17H22BrNO2/c1-12-10-14(18)11-13(2)15(12)8-6-7-9-19-16(20)21-17(3,4)5/h10-11H,7,9H2,1-5H3,(H,19,20). The van der Waals surface area contributed by atoms with Crippen LogP contribution in [-0.4, -0.2) is 18.2 Å². The quantitative estimate of drug-likeness (QED) is 0.635. The number of aryl methyl sites for hydroxylation is 2. The fraction of sp³-hybridized carbons (Fsp3) is 0.471. The van der Waals surface area contributed by atoms with E-state index in [9.17, 15) is 4.79 Å². The van der Waals surface area contributed by atoms with E-state index < -0.39 is 11.7 Å². The zero-order chi connectivity index (χ0) is 16.0. The average molecular weight is 352 g/mol. The van der Waals surface area contributed by atoms with Crippen LogP contribution >= 0.6 is 15.9 Å². The molecule has 0 fully saturated rings. The lowest BCUT2D eigenvalue weighted by molar-refractivity contribution is 0.0529. The molecule has 0 atom stereocenters. The minimum Gasteiger partial charge on any atom is -0.444 e. The van der Waals surface area contributed by atoms with E-state index in [1.54, 1.807) is 0 Å². The number of amides is 1. The zero-order valence-electron chi connectivity index (χ0n) is 13.3. The van der Waals surface area contributed by atoms with E-state index in [0.717, 1.165) is 21.2 Å². The Bertz CT molecular complexity index is 554. The predicted molar refractivity (Wildman–Crippen MR) is 89.3 cm³/mol. The summed E-state index contributed by atoms with van der Waals surface area (Å²) in [4.78, 5) is 11.5. The number of ether oxygens (including phenoxy) is 1. The van der Waals surface area contributed by atoms with Crippen LogP contribution in [0.1, 0.15) is 43.9 Å². The van der Waals surface area contributed by atoms with Crippen molar-refractivity contribution in [3.05, 3.63) is 33.3 Å². The third-order valence-corrected chi connectivity index (χ3v) is 3.09. The summed E-state index contributed by atoms with van der Waals surface area (Å²) >= 11 is 3.47. The van der Waals surface area contributed by atoms with Gasteiger partial charge in [0, 0.05) is 23.0 Å². The fourth-order valence-electron chi connectivity index (χ4n) is 1.80. The average Bonchev–Trinajstić information content (AvgIpc) is 2.29. The van der Waals surface area contributed by atoms with Crippen molar-refractivity contribution < 1.29 is 9.53 Å². The van der Waals surface area contributed by atoms with Crippen molar-refractivity contribution in [2.24, 2.45) is 0 Å². The SMILES string of the molecule is Cc1cc(Br)cc(C)c1C#CCCNC(=O)OC(C)(C)C. The van der Waals surface area contributed by atoms with Gasteiger partial charge in [-0.15, -0.1) is 0 Å². The van der Waals surface area contributed by atoms with E-state index in [4.69, 9.17) is 4.74 Å². The molecule has 114 valence electrons. The lowest BCUT2D eigenvalue weighted by atomic mass is 10.0. The highest BCUT2D eigenvalue weighted by Crippen LogP contribution is 2.19. The first kappa shape index (κ1) is 17.6. The second kappa shape index (κ2) is 7.51. The summed E-state index contributed by atoms with van der Waals surface area (Å²) in [5.74, 6) is 6.25. The maximum Gasteiger partial charge on any atom is 0.407 e. The third kappa shape index (κ3) is 6.68. The highest BCUT2D eigenvalue weighted by atomic mass is 79.9. The van der Waals surface area contributed by atoms with Gasteiger partial charge in [-0.05, 0) is 57.9 Å². The van der Waals surface area contributed by atoms with Gasteiger partial charge in [-0.25, -0.2) is 4.79 Å². The van der Waals surface area contributed by atoms with Gasteiger partial charge in [0.15, 0.2) is 0 Å². The van der Waals surface area contributed by atoms with Crippen molar-refractivity contribution in [2.75, 3.05) is 6.54 Å². The van der Waals surface area contributed by atoms with E-state index in [2.05, 4.69) is 45.2 Å². The van der Waals surface area contributed by atoms with Crippen molar-refractivity contribution in [1.82, 2.24) is 5.32 Å². The summed E-state index contributed by atoms with van der Waals surface area (Å²) in [5, 5.41) is 2.69. The van der Waals surface area contributed by atoms with Crippen LogP contribution in [0.4, 0.5) is 4.79 Å². The maximum atomic E-state index is 11.5. The first-order chi connectivity index (χ1) is 9.69. The van der Waals surface area contributed by atoms with E-state index >= 15 is 0 Å². The van der Waals surface area contributed by atoms with Gasteiger partial charge in [-0.3, -0.25) is 0 Å². The Labute approximate surface area is 135 Å². The molecule has 1 amide bonds. The lowest BCUT2D eigenvalue weighted by Crippen LogP contribution is -2.32. The van der Waals surface area contributed by atoms with E-state index in [0.29, 0.717) is 13.0 Å². The summed E-state index contributed by atoms with van der Waals surface area (Å²) in [7, 11) is 0. The molecule has 1 rings (SSSR count). The van der Waals surface area contributed by atoms with Gasteiger partial charge in [0.25, 0.3) is 0 Å². The van der Waals surface area contributed by atoms with Crippen LogP contribution in [0, 0.1) is 25.7 Å². The molecule has 0 bridgehead atoms. The van der Waals surface area contributed by atoms with Crippen LogP contribution in [0.2, 0.25) is 0 Å². The summed E-state index contributed by atoms with van der Waals surface area (Å²) in [6.45, 7) is 10.1. The Morgan fingerprint density at radius 3 is 2.38 bits per heavy atom. The van der Waals surface area contributed by atoms with Crippen LogP contribution in [0.5, 0.6) is 0 Å². The number of carbonyl (C=O) groups excluding carboxylic acids is 1. The van der Waals surface area contributed by atoms with Crippen molar-refractivity contribution in [3.63, 3.8) is 0 Å². The van der Waals surface area contributed by atoms with Crippen molar-refractivity contribution in [1.29, 1.82) is 0 Å². The smallest absolute Gasteiger partial charge is 0.407 e. The largest absolute Gasteiger partial charge is 0.444 e. The molecule has 3 nitrogen and oxygen atoms in total. The molecule has 0 saturated carbocycles. The van der Waals surface area contributed by atoms with Crippen molar-refractivity contribution in [3.8, 4) is 11.8 Å². The number of nitrogens with one attached hydrogen (secondary N) is 1. The second-order valence-corrected chi connectivity index (χ2v) is 6.81. The highest BCUT2D eigenvalue weighted by Gasteiger charge is 2.15.